The summed E-state index contributed by atoms with van der Waals surface area (Å²) in [6, 6.07) is 0. The molecule has 0 N–H and O–H groups in total. The average Bonchev–Trinajstić information content (AvgIpc) is 2.88. The fraction of sp³-hybridized carbons (Fsp3) is 0.900. The molecule has 0 aliphatic heterocycles. The quantitative estimate of drug-likeness (QED) is 0.614. The van der Waals surface area contributed by atoms with Crippen LogP contribution in [0.5, 0.6) is 0 Å². The highest BCUT2D eigenvalue weighted by Crippen LogP contribution is 2.65. The molecule has 3 saturated carbocycles. The Hall–Kier alpha value is -0.460. The van der Waals surface area contributed by atoms with Gasteiger partial charge in [-0.25, -0.2) is 0 Å². The molecule has 1 nitrogen and oxygen atoms in total. The van der Waals surface area contributed by atoms with Gasteiger partial charge in [-0.1, -0.05) is 20.3 Å². The van der Waals surface area contributed by atoms with Gasteiger partial charge in [0.25, 0.3) is 0 Å². The third-order valence-corrected chi connectivity index (χ3v) is 8.33. The van der Waals surface area contributed by atoms with E-state index in [0.717, 1.165) is 23.7 Å². The first-order valence-electron chi connectivity index (χ1n) is 9.30. The van der Waals surface area contributed by atoms with Crippen LogP contribution in [0.25, 0.3) is 0 Å². The van der Waals surface area contributed by atoms with Crippen LogP contribution in [-0.2, 0) is 4.74 Å². The summed E-state index contributed by atoms with van der Waals surface area (Å²) < 4.78 is 5.57. The molecule has 1 heteroatoms. The van der Waals surface area contributed by atoms with E-state index in [2.05, 4.69) is 19.9 Å². The molecule has 0 spiro atoms. The van der Waals surface area contributed by atoms with Crippen molar-refractivity contribution in [2.75, 3.05) is 7.11 Å². The maximum absolute atomic E-state index is 5.57. The van der Waals surface area contributed by atoms with Gasteiger partial charge in [-0.15, -0.1) is 0 Å². The van der Waals surface area contributed by atoms with Crippen LogP contribution >= 0.6 is 0 Å². The number of allylic oxidation sites excluding steroid dienone is 2. The number of hydrogen-bond donors (Lipinski definition) is 0. The van der Waals surface area contributed by atoms with Gasteiger partial charge < -0.3 is 4.74 Å². The Morgan fingerprint density at radius 1 is 1.05 bits per heavy atom. The van der Waals surface area contributed by atoms with Gasteiger partial charge in [-0.3, -0.25) is 0 Å². The molecule has 118 valence electrons. The van der Waals surface area contributed by atoms with E-state index in [0.29, 0.717) is 10.8 Å². The second-order valence-corrected chi connectivity index (χ2v) is 9.02. The first-order valence-corrected chi connectivity index (χ1v) is 9.30. The molecule has 0 aromatic carbocycles. The van der Waals surface area contributed by atoms with Crippen molar-refractivity contribution in [1.82, 2.24) is 0 Å². The van der Waals surface area contributed by atoms with Gasteiger partial charge in [0.1, 0.15) is 0 Å². The topological polar surface area (TPSA) is 9.23 Å². The molecule has 21 heavy (non-hydrogen) atoms. The molecule has 0 heterocycles. The van der Waals surface area contributed by atoms with Crippen molar-refractivity contribution in [3.8, 4) is 0 Å². The van der Waals surface area contributed by atoms with Gasteiger partial charge in [0.2, 0.25) is 0 Å². The number of rotatable bonds is 1. The van der Waals surface area contributed by atoms with E-state index in [4.69, 9.17) is 4.74 Å². The first kappa shape index (κ1) is 14.2. The first-order chi connectivity index (χ1) is 10.1. The lowest BCUT2D eigenvalue weighted by Crippen LogP contribution is -2.51. The van der Waals surface area contributed by atoms with Crippen LogP contribution in [-0.4, -0.2) is 7.11 Å². The van der Waals surface area contributed by atoms with Crippen LogP contribution in [0.1, 0.15) is 71.6 Å². The minimum Gasteiger partial charge on any atom is -0.501 e. The fourth-order valence-electron chi connectivity index (χ4n) is 7.01. The van der Waals surface area contributed by atoms with Crippen molar-refractivity contribution in [1.29, 1.82) is 0 Å². The van der Waals surface area contributed by atoms with Gasteiger partial charge in [0.05, 0.1) is 12.9 Å². The van der Waals surface area contributed by atoms with Crippen molar-refractivity contribution in [3.05, 3.63) is 11.8 Å². The number of ether oxygens (including phenoxy) is 1. The molecular weight excluding hydrogens is 256 g/mol. The van der Waals surface area contributed by atoms with Crippen molar-refractivity contribution < 1.29 is 4.74 Å². The van der Waals surface area contributed by atoms with Crippen LogP contribution in [0.4, 0.5) is 0 Å². The molecule has 0 bridgehead atoms. The normalized spacial score (nSPS) is 52.4. The summed E-state index contributed by atoms with van der Waals surface area (Å²) in [5, 5.41) is 0. The molecule has 0 radical (unpaired) electrons. The highest BCUT2D eigenvalue weighted by Gasteiger charge is 2.57. The number of methoxy groups -OCH3 is 1. The fourth-order valence-corrected chi connectivity index (χ4v) is 7.01. The molecule has 0 aromatic heterocycles. The molecule has 0 saturated heterocycles. The summed E-state index contributed by atoms with van der Waals surface area (Å²) in [7, 11) is 1.85. The van der Waals surface area contributed by atoms with Gasteiger partial charge in [-0.2, -0.15) is 0 Å². The van der Waals surface area contributed by atoms with Gasteiger partial charge >= 0.3 is 0 Å². The third kappa shape index (κ3) is 1.95. The SMILES string of the molecule is COC1=CCC2(C)C3CCC4(C)CCCC4C3CC[C@H]2C1. The van der Waals surface area contributed by atoms with Crippen LogP contribution in [0.3, 0.4) is 0 Å². The Bertz CT molecular complexity index is 453. The van der Waals surface area contributed by atoms with Crippen molar-refractivity contribution in [2.45, 2.75) is 71.6 Å². The minimum atomic E-state index is 0.564. The summed E-state index contributed by atoms with van der Waals surface area (Å²) in [5.41, 5.74) is 1.27. The second-order valence-electron chi connectivity index (χ2n) is 9.02. The van der Waals surface area contributed by atoms with E-state index in [1.54, 1.807) is 0 Å². The van der Waals surface area contributed by atoms with Crippen LogP contribution in [0, 0.1) is 34.5 Å². The maximum Gasteiger partial charge on any atom is 0.0918 e. The van der Waals surface area contributed by atoms with Crippen LogP contribution in [0.15, 0.2) is 11.8 Å². The van der Waals surface area contributed by atoms with E-state index >= 15 is 0 Å². The summed E-state index contributed by atoms with van der Waals surface area (Å²) in [6.45, 7) is 5.23. The smallest absolute Gasteiger partial charge is 0.0918 e. The van der Waals surface area contributed by atoms with Crippen LogP contribution < -0.4 is 0 Å². The van der Waals surface area contributed by atoms with E-state index in [1.165, 1.54) is 63.5 Å². The Kier molecular flexibility index (Phi) is 3.21. The van der Waals surface area contributed by atoms with E-state index < -0.39 is 0 Å². The van der Waals surface area contributed by atoms with Gasteiger partial charge in [0.15, 0.2) is 0 Å². The largest absolute Gasteiger partial charge is 0.501 e. The second kappa shape index (κ2) is 4.77. The minimum absolute atomic E-state index is 0.564. The highest BCUT2D eigenvalue weighted by molar-refractivity contribution is 5.13. The average molecular weight is 288 g/mol. The summed E-state index contributed by atoms with van der Waals surface area (Å²) in [5.74, 6) is 5.20. The standard InChI is InChI=1S/C20H32O/c1-19-10-4-5-17(19)16-7-6-14-13-15(21-3)8-12-20(14,2)18(16)9-11-19/h8,14,16-18H,4-7,9-13H2,1-3H3/t14-,16?,17?,18?,19?,20?/m0/s1. The zero-order valence-electron chi connectivity index (χ0n) is 14.2. The zero-order chi connectivity index (χ0) is 14.7. The lowest BCUT2D eigenvalue weighted by Gasteiger charge is -2.59. The Morgan fingerprint density at radius 2 is 1.90 bits per heavy atom. The molecule has 4 rings (SSSR count). The van der Waals surface area contributed by atoms with Crippen molar-refractivity contribution in [3.63, 3.8) is 0 Å². The monoisotopic (exact) mass is 288 g/mol. The molecule has 3 fully saturated rings. The Balaban J connectivity index is 1.63. The molecule has 6 atom stereocenters. The van der Waals surface area contributed by atoms with Gasteiger partial charge in [-0.05, 0) is 85.5 Å². The van der Waals surface area contributed by atoms with E-state index in [9.17, 15) is 0 Å². The molecule has 0 amide bonds. The zero-order valence-corrected chi connectivity index (χ0v) is 14.2. The highest BCUT2D eigenvalue weighted by atomic mass is 16.5. The van der Waals surface area contributed by atoms with Gasteiger partial charge in [0, 0.05) is 6.42 Å². The molecular formula is C20H32O. The predicted molar refractivity (Wildman–Crippen MR) is 86.8 cm³/mol. The van der Waals surface area contributed by atoms with E-state index in [-0.39, 0.29) is 0 Å². The predicted octanol–water partition coefficient (Wildman–Crippen LogP) is 5.56. The molecule has 0 aromatic rings. The Labute approximate surface area is 130 Å². The maximum atomic E-state index is 5.57. The Morgan fingerprint density at radius 3 is 2.71 bits per heavy atom. The van der Waals surface area contributed by atoms with Crippen molar-refractivity contribution >= 4 is 0 Å². The number of hydrogen-bond acceptors (Lipinski definition) is 1. The van der Waals surface area contributed by atoms with Crippen molar-refractivity contribution in [2.24, 2.45) is 34.5 Å². The summed E-state index contributed by atoms with van der Waals surface area (Å²) in [6.07, 6.45) is 15.4. The van der Waals surface area contributed by atoms with E-state index in [1.807, 2.05) is 7.11 Å². The molecule has 5 unspecified atom stereocenters. The third-order valence-electron chi connectivity index (χ3n) is 8.33. The lowest BCUT2D eigenvalue weighted by atomic mass is 9.46. The summed E-state index contributed by atoms with van der Waals surface area (Å²) in [4.78, 5) is 0. The summed E-state index contributed by atoms with van der Waals surface area (Å²) >= 11 is 0. The molecule has 4 aliphatic rings. The van der Waals surface area contributed by atoms with Crippen LogP contribution in [0.2, 0.25) is 0 Å². The number of fused-ring (bicyclic) bond motifs is 5. The molecule has 4 aliphatic carbocycles. The lowest BCUT2D eigenvalue weighted by molar-refractivity contribution is -0.0916.